The second-order valence-corrected chi connectivity index (χ2v) is 7.43. The van der Waals surface area contributed by atoms with Gasteiger partial charge in [0.05, 0.1) is 21.3 Å². The van der Waals surface area contributed by atoms with Crippen LogP contribution in [0.15, 0.2) is 53.4 Å². The largest absolute Gasteiger partial charge is 0.298 e. The van der Waals surface area contributed by atoms with E-state index in [1.165, 1.54) is 36.4 Å². The number of carbonyl (C=O) groups excluding carboxylic acids is 1. The van der Waals surface area contributed by atoms with Crippen molar-refractivity contribution in [3.05, 3.63) is 75.6 Å². The van der Waals surface area contributed by atoms with Crippen LogP contribution in [0.2, 0.25) is 0 Å². The van der Waals surface area contributed by atoms with Gasteiger partial charge in [-0.3, -0.25) is 25.8 Å². The monoisotopic (exact) mass is 377 g/mol. The summed E-state index contributed by atoms with van der Waals surface area (Å²) < 4.78 is 37.6. The lowest BCUT2D eigenvalue weighted by Gasteiger charge is -2.19. The number of sulfone groups is 1. The van der Waals surface area contributed by atoms with Crippen LogP contribution in [0.1, 0.15) is 15.9 Å². The number of hydrogen-bond acceptors (Lipinski definition) is 6. The molecule has 134 valence electrons. The molecule has 1 aliphatic rings. The van der Waals surface area contributed by atoms with Crippen molar-refractivity contribution < 1.29 is 22.5 Å². The minimum Gasteiger partial charge on any atom is -0.298 e. The molecule has 1 aliphatic heterocycles. The van der Waals surface area contributed by atoms with Crippen molar-refractivity contribution in [2.75, 3.05) is 5.75 Å². The van der Waals surface area contributed by atoms with Crippen LogP contribution in [0.5, 0.6) is 0 Å². The Balaban J connectivity index is 1.78. The van der Waals surface area contributed by atoms with Crippen LogP contribution < -0.4 is 10.9 Å². The molecule has 0 aliphatic carbocycles. The second kappa shape index (κ2) is 6.56. The molecule has 10 heteroatoms. The van der Waals surface area contributed by atoms with E-state index in [1.807, 2.05) is 0 Å². The topological polar surface area (TPSA) is 118 Å². The van der Waals surface area contributed by atoms with Crippen LogP contribution in [0, 0.1) is 15.9 Å². The van der Waals surface area contributed by atoms with Gasteiger partial charge in [-0.25, -0.2) is 12.8 Å². The highest BCUT2D eigenvalue weighted by atomic mass is 32.2. The highest BCUT2D eigenvalue weighted by Crippen LogP contribution is 2.28. The van der Waals surface area contributed by atoms with E-state index in [2.05, 4.69) is 10.9 Å². The Bertz CT molecular complexity index is 1030. The minimum atomic E-state index is -3.55. The van der Waals surface area contributed by atoms with Gasteiger partial charge in [0.1, 0.15) is 5.82 Å². The normalized spacial score (nSPS) is 14.7. The highest BCUT2D eigenvalue weighted by Gasteiger charge is 2.25. The standard InChI is InChI=1S/C16H12FN3O5S/c17-11-3-6-15-13(9-11)14(7-8-26(15,24)25)18-19-16(21)10-1-4-12(5-2-10)20(22)23/h1-7,9,18H,8H2,(H,19,21). The molecule has 3 rings (SSSR count). The molecular formula is C16H12FN3O5S. The Kier molecular flexibility index (Phi) is 4.43. The third-order valence-corrected chi connectivity index (χ3v) is 5.36. The first-order valence-corrected chi connectivity index (χ1v) is 8.97. The van der Waals surface area contributed by atoms with Gasteiger partial charge >= 0.3 is 0 Å². The van der Waals surface area contributed by atoms with E-state index in [-0.39, 0.29) is 33.2 Å². The van der Waals surface area contributed by atoms with Crippen LogP contribution in [-0.4, -0.2) is 25.0 Å². The number of nitro groups is 1. The van der Waals surface area contributed by atoms with Crippen molar-refractivity contribution in [3.8, 4) is 0 Å². The summed E-state index contributed by atoms with van der Waals surface area (Å²) in [7, 11) is -3.55. The van der Waals surface area contributed by atoms with E-state index in [9.17, 15) is 27.7 Å². The molecule has 0 saturated heterocycles. The van der Waals surface area contributed by atoms with Crippen molar-refractivity contribution in [3.63, 3.8) is 0 Å². The van der Waals surface area contributed by atoms with E-state index in [0.29, 0.717) is 0 Å². The first kappa shape index (κ1) is 17.5. The van der Waals surface area contributed by atoms with Crippen molar-refractivity contribution in [2.24, 2.45) is 0 Å². The van der Waals surface area contributed by atoms with Gasteiger partial charge in [-0.2, -0.15) is 0 Å². The lowest BCUT2D eigenvalue weighted by molar-refractivity contribution is -0.384. The molecule has 2 N–H and O–H groups in total. The third kappa shape index (κ3) is 3.40. The Morgan fingerprint density at radius 1 is 1.15 bits per heavy atom. The molecule has 2 aromatic rings. The predicted octanol–water partition coefficient (Wildman–Crippen LogP) is 1.80. The summed E-state index contributed by atoms with van der Waals surface area (Å²) in [6.07, 6.45) is 1.33. The predicted molar refractivity (Wildman–Crippen MR) is 90.1 cm³/mol. The number of carbonyl (C=O) groups is 1. The molecule has 0 fully saturated rings. The number of rotatable bonds is 4. The highest BCUT2D eigenvalue weighted by molar-refractivity contribution is 7.91. The number of nitrogens with one attached hydrogen (secondary N) is 2. The molecule has 0 spiro atoms. The molecule has 0 radical (unpaired) electrons. The van der Waals surface area contributed by atoms with Gasteiger partial charge in [0.15, 0.2) is 9.84 Å². The van der Waals surface area contributed by atoms with E-state index >= 15 is 0 Å². The number of hydrogen-bond donors (Lipinski definition) is 2. The van der Waals surface area contributed by atoms with Crippen LogP contribution in [0.25, 0.3) is 5.70 Å². The average Bonchev–Trinajstić information content (AvgIpc) is 2.60. The summed E-state index contributed by atoms with van der Waals surface area (Å²) >= 11 is 0. The maximum absolute atomic E-state index is 13.5. The summed E-state index contributed by atoms with van der Waals surface area (Å²) in [6.45, 7) is 0. The molecule has 0 unspecified atom stereocenters. The van der Waals surface area contributed by atoms with Crippen molar-refractivity contribution in [2.45, 2.75) is 4.90 Å². The fraction of sp³-hybridized carbons (Fsp3) is 0.0625. The van der Waals surface area contributed by atoms with Crippen LogP contribution in [-0.2, 0) is 9.84 Å². The zero-order valence-corrected chi connectivity index (χ0v) is 13.9. The third-order valence-electron chi connectivity index (χ3n) is 3.72. The van der Waals surface area contributed by atoms with E-state index < -0.39 is 26.5 Å². The van der Waals surface area contributed by atoms with Gasteiger partial charge in [0.25, 0.3) is 11.6 Å². The molecular weight excluding hydrogens is 365 g/mol. The Hall–Kier alpha value is -3.27. The Labute approximate surface area is 147 Å². The number of fused-ring (bicyclic) bond motifs is 1. The summed E-state index contributed by atoms with van der Waals surface area (Å²) in [5.41, 5.74) is 5.29. The first-order valence-electron chi connectivity index (χ1n) is 7.31. The molecule has 1 heterocycles. The Morgan fingerprint density at radius 2 is 1.85 bits per heavy atom. The van der Waals surface area contributed by atoms with Crippen molar-refractivity contribution in [1.82, 2.24) is 10.9 Å². The fourth-order valence-electron chi connectivity index (χ4n) is 2.43. The number of hydrazine groups is 1. The molecule has 2 aromatic carbocycles. The second-order valence-electron chi connectivity index (χ2n) is 5.42. The van der Waals surface area contributed by atoms with Gasteiger partial charge in [-0.15, -0.1) is 0 Å². The summed E-state index contributed by atoms with van der Waals surface area (Å²) in [5.74, 6) is -1.50. The number of amides is 1. The molecule has 1 amide bonds. The summed E-state index contributed by atoms with van der Waals surface area (Å²) in [6, 6.07) is 8.22. The van der Waals surface area contributed by atoms with Crippen LogP contribution in [0.3, 0.4) is 0 Å². The molecule has 0 bridgehead atoms. The van der Waals surface area contributed by atoms with Gasteiger partial charge in [0, 0.05) is 23.3 Å². The van der Waals surface area contributed by atoms with Gasteiger partial charge in [-0.1, -0.05) is 0 Å². The number of nitrogens with zero attached hydrogens (tertiary/aromatic N) is 1. The Morgan fingerprint density at radius 3 is 2.50 bits per heavy atom. The number of nitro benzene ring substituents is 1. The quantitative estimate of drug-likeness (QED) is 0.476. The lowest BCUT2D eigenvalue weighted by atomic mass is 10.1. The molecule has 0 saturated carbocycles. The lowest BCUT2D eigenvalue weighted by Crippen LogP contribution is -2.37. The zero-order chi connectivity index (χ0) is 18.9. The molecule has 26 heavy (non-hydrogen) atoms. The van der Waals surface area contributed by atoms with E-state index in [4.69, 9.17) is 0 Å². The first-order chi connectivity index (χ1) is 12.3. The summed E-state index contributed by atoms with van der Waals surface area (Å²) in [5, 5.41) is 10.6. The zero-order valence-electron chi connectivity index (χ0n) is 13.1. The minimum absolute atomic E-state index is 0.0338. The molecule has 8 nitrogen and oxygen atoms in total. The van der Waals surface area contributed by atoms with Gasteiger partial charge < -0.3 is 0 Å². The van der Waals surface area contributed by atoms with Gasteiger partial charge in [0.2, 0.25) is 0 Å². The van der Waals surface area contributed by atoms with E-state index in [1.54, 1.807) is 0 Å². The van der Waals surface area contributed by atoms with Gasteiger partial charge in [-0.05, 0) is 36.4 Å². The number of benzene rings is 2. The average molecular weight is 377 g/mol. The smallest absolute Gasteiger partial charge is 0.269 e. The maximum Gasteiger partial charge on any atom is 0.269 e. The fourth-order valence-corrected chi connectivity index (χ4v) is 3.77. The van der Waals surface area contributed by atoms with Crippen molar-refractivity contribution >= 4 is 27.1 Å². The molecule has 0 aromatic heterocycles. The van der Waals surface area contributed by atoms with Crippen LogP contribution in [0.4, 0.5) is 10.1 Å². The van der Waals surface area contributed by atoms with E-state index in [0.717, 1.165) is 12.1 Å². The summed E-state index contributed by atoms with van der Waals surface area (Å²) in [4.78, 5) is 22.1. The number of non-ortho nitro benzene ring substituents is 1. The van der Waals surface area contributed by atoms with Crippen molar-refractivity contribution in [1.29, 1.82) is 0 Å². The number of halogens is 1. The SMILES string of the molecule is O=C(NNC1=CCS(=O)(=O)c2ccc(F)cc21)c1ccc([N+](=O)[O-])cc1. The van der Waals surface area contributed by atoms with Crippen LogP contribution >= 0.6 is 0 Å². The molecule has 0 atom stereocenters. The maximum atomic E-state index is 13.5.